The number of carbonyl (C=O) groups excluding carboxylic acids is 2. The maximum Gasteiger partial charge on any atom is 0.318 e. The Labute approximate surface area is 143 Å². The maximum absolute atomic E-state index is 12.5. The molecular formula is C18H26N2O4. The fraction of sp³-hybridized carbons (Fsp3) is 0.556. The Kier molecular flexibility index (Phi) is 6.61. The van der Waals surface area contributed by atoms with Crippen molar-refractivity contribution in [3.05, 3.63) is 35.9 Å². The molecule has 1 aromatic rings. The van der Waals surface area contributed by atoms with Crippen LogP contribution in [0.15, 0.2) is 30.3 Å². The molecule has 2 rings (SSSR count). The van der Waals surface area contributed by atoms with Crippen LogP contribution >= 0.6 is 0 Å². The molecule has 0 radical (unpaired) electrons. The third-order valence-electron chi connectivity index (χ3n) is 3.89. The summed E-state index contributed by atoms with van der Waals surface area (Å²) in [4.78, 5) is 26.1. The van der Waals surface area contributed by atoms with E-state index in [2.05, 4.69) is 5.32 Å². The molecule has 6 heteroatoms. The van der Waals surface area contributed by atoms with Gasteiger partial charge in [-0.15, -0.1) is 0 Å². The minimum atomic E-state index is -0.382. The molecule has 1 aromatic carbocycles. The Bertz CT molecular complexity index is 547. The van der Waals surface area contributed by atoms with Gasteiger partial charge >= 0.3 is 12.0 Å². The van der Waals surface area contributed by atoms with E-state index in [-0.39, 0.29) is 36.6 Å². The summed E-state index contributed by atoms with van der Waals surface area (Å²) in [5.74, 6) is -0.681. The highest BCUT2D eigenvalue weighted by atomic mass is 16.5. The predicted octanol–water partition coefficient (Wildman–Crippen LogP) is 2.36. The van der Waals surface area contributed by atoms with E-state index in [0.29, 0.717) is 19.8 Å². The van der Waals surface area contributed by atoms with Crippen molar-refractivity contribution in [3.8, 4) is 0 Å². The van der Waals surface area contributed by atoms with Crippen LogP contribution in [0.2, 0.25) is 0 Å². The number of urea groups is 1. The Morgan fingerprint density at radius 1 is 1.29 bits per heavy atom. The van der Waals surface area contributed by atoms with Crippen LogP contribution in [-0.2, 0) is 14.3 Å². The molecule has 0 saturated carbocycles. The zero-order chi connectivity index (χ0) is 17.5. The third kappa shape index (κ3) is 4.96. The summed E-state index contributed by atoms with van der Waals surface area (Å²) < 4.78 is 10.7. The van der Waals surface area contributed by atoms with Crippen LogP contribution in [0.4, 0.5) is 4.79 Å². The first-order valence-corrected chi connectivity index (χ1v) is 8.36. The minimum absolute atomic E-state index is 0.113. The maximum atomic E-state index is 12.5. The van der Waals surface area contributed by atoms with Gasteiger partial charge < -0.3 is 19.7 Å². The van der Waals surface area contributed by atoms with E-state index in [9.17, 15) is 9.59 Å². The Morgan fingerprint density at radius 2 is 2.00 bits per heavy atom. The summed E-state index contributed by atoms with van der Waals surface area (Å²) in [5, 5.41) is 2.84. The molecule has 0 aromatic heterocycles. The predicted molar refractivity (Wildman–Crippen MR) is 90.5 cm³/mol. The van der Waals surface area contributed by atoms with Gasteiger partial charge in [0.15, 0.2) is 0 Å². The number of benzene rings is 1. The van der Waals surface area contributed by atoms with E-state index in [0.717, 1.165) is 5.56 Å². The molecule has 132 valence electrons. The van der Waals surface area contributed by atoms with Gasteiger partial charge in [-0.25, -0.2) is 4.79 Å². The van der Waals surface area contributed by atoms with Gasteiger partial charge in [0.1, 0.15) is 0 Å². The van der Waals surface area contributed by atoms with Crippen molar-refractivity contribution in [3.63, 3.8) is 0 Å². The van der Waals surface area contributed by atoms with Crippen molar-refractivity contribution < 1.29 is 19.1 Å². The molecule has 1 N–H and O–H groups in total. The van der Waals surface area contributed by atoms with E-state index >= 15 is 0 Å². The van der Waals surface area contributed by atoms with Crippen molar-refractivity contribution in [2.45, 2.75) is 32.9 Å². The van der Waals surface area contributed by atoms with Gasteiger partial charge in [-0.3, -0.25) is 4.79 Å². The van der Waals surface area contributed by atoms with Crippen LogP contribution in [0.5, 0.6) is 0 Å². The van der Waals surface area contributed by atoms with E-state index in [4.69, 9.17) is 9.47 Å². The number of ether oxygens (including phenoxy) is 2. The highest BCUT2D eigenvalue weighted by Crippen LogP contribution is 2.23. The fourth-order valence-electron chi connectivity index (χ4n) is 2.57. The number of nitrogens with one attached hydrogen (secondary N) is 1. The van der Waals surface area contributed by atoms with Gasteiger partial charge in [-0.1, -0.05) is 37.3 Å². The molecule has 1 aliphatic heterocycles. The average molecular weight is 334 g/mol. The molecule has 0 aliphatic carbocycles. The summed E-state index contributed by atoms with van der Waals surface area (Å²) in [6.07, 6.45) is -0.155. The molecule has 0 spiro atoms. The van der Waals surface area contributed by atoms with E-state index < -0.39 is 0 Å². The lowest BCUT2D eigenvalue weighted by molar-refractivity contribution is -0.151. The molecule has 6 nitrogen and oxygen atoms in total. The second kappa shape index (κ2) is 8.68. The lowest BCUT2D eigenvalue weighted by Crippen LogP contribution is -2.49. The fourth-order valence-corrected chi connectivity index (χ4v) is 2.57. The van der Waals surface area contributed by atoms with Gasteiger partial charge in [0.05, 0.1) is 31.3 Å². The number of esters is 1. The van der Waals surface area contributed by atoms with Crippen molar-refractivity contribution in [1.82, 2.24) is 10.2 Å². The summed E-state index contributed by atoms with van der Waals surface area (Å²) in [6, 6.07) is 9.52. The monoisotopic (exact) mass is 334 g/mol. The quantitative estimate of drug-likeness (QED) is 0.840. The SMILES string of the molecule is CC(C)OC(=O)[C@H](C)CNC(=O)N1CCOC[C@@H]1c1ccccc1. The average Bonchev–Trinajstić information content (AvgIpc) is 2.59. The molecule has 24 heavy (non-hydrogen) atoms. The van der Waals surface area contributed by atoms with Gasteiger partial charge in [0, 0.05) is 13.1 Å². The van der Waals surface area contributed by atoms with Crippen LogP contribution in [0.25, 0.3) is 0 Å². The lowest BCUT2D eigenvalue weighted by Gasteiger charge is -2.36. The third-order valence-corrected chi connectivity index (χ3v) is 3.89. The zero-order valence-electron chi connectivity index (χ0n) is 14.5. The molecule has 2 atom stereocenters. The van der Waals surface area contributed by atoms with Crippen molar-refractivity contribution in [1.29, 1.82) is 0 Å². The number of amides is 2. The number of rotatable bonds is 5. The molecular weight excluding hydrogens is 308 g/mol. The summed E-state index contributed by atoms with van der Waals surface area (Å²) in [5.41, 5.74) is 1.04. The van der Waals surface area contributed by atoms with Gasteiger partial charge in [0.2, 0.25) is 0 Å². The zero-order valence-corrected chi connectivity index (χ0v) is 14.5. The smallest absolute Gasteiger partial charge is 0.318 e. The van der Waals surface area contributed by atoms with Crippen LogP contribution < -0.4 is 5.32 Å². The van der Waals surface area contributed by atoms with Gasteiger partial charge in [-0.2, -0.15) is 0 Å². The molecule has 0 unspecified atom stereocenters. The summed E-state index contributed by atoms with van der Waals surface area (Å²) >= 11 is 0. The minimum Gasteiger partial charge on any atom is -0.463 e. The molecule has 0 bridgehead atoms. The Morgan fingerprint density at radius 3 is 2.67 bits per heavy atom. The molecule has 1 heterocycles. The first kappa shape index (κ1) is 18.3. The Balaban J connectivity index is 1.93. The number of nitrogens with zero attached hydrogens (tertiary/aromatic N) is 1. The van der Waals surface area contributed by atoms with Crippen LogP contribution in [-0.4, -0.2) is 49.3 Å². The Hall–Kier alpha value is -2.08. The summed E-state index contributed by atoms with van der Waals surface area (Å²) in [7, 11) is 0. The molecule has 2 amide bonds. The highest BCUT2D eigenvalue weighted by Gasteiger charge is 2.29. The van der Waals surface area contributed by atoms with Crippen LogP contribution in [0.1, 0.15) is 32.4 Å². The van der Waals surface area contributed by atoms with E-state index in [1.165, 1.54) is 0 Å². The number of morpholine rings is 1. The lowest BCUT2D eigenvalue weighted by atomic mass is 10.1. The van der Waals surface area contributed by atoms with Crippen molar-refractivity contribution in [2.24, 2.45) is 5.92 Å². The number of carbonyl (C=O) groups is 2. The van der Waals surface area contributed by atoms with Gasteiger partial charge in [0.25, 0.3) is 0 Å². The van der Waals surface area contributed by atoms with Crippen molar-refractivity contribution in [2.75, 3.05) is 26.3 Å². The second-order valence-corrected chi connectivity index (χ2v) is 6.27. The largest absolute Gasteiger partial charge is 0.463 e. The topological polar surface area (TPSA) is 67.9 Å². The number of hydrogen-bond acceptors (Lipinski definition) is 4. The van der Waals surface area contributed by atoms with E-state index in [1.54, 1.807) is 25.7 Å². The highest BCUT2D eigenvalue weighted by molar-refractivity contribution is 5.77. The molecule has 1 aliphatic rings. The second-order valence-electron chi connectivity index (χ2n) is 6.27. The number of hydrogen-bond donors (Lipinski definition) is 1. The molecule has 1 saturated heterocycles. The first-order valence-electron chi connectivity index (χ1n) is 8.36. The van der Waals surface area contributed by atoms with E-state index in [1.807, 2.05) is 30.3 Å². The summed E-state index contributed by atoms with van der Waals surface area (Å²) in [6.45, 7) is 7.13. The first-order chi connectivity index (χ1) is 11.5. The van der Waals surface area contributed by atoms with Crippen molar-refractivity contribution >= 4 is 12.0 Å². The molecule has 1 fully saturated rings. The standard InChI is InChI=1S/C18H26N2O4/c1-13(2)24-17(21)14(3)11-19-18(22)20-9-10-23-12-16(20)15-7-5-4-6-8-15/h4-8,13-14,16H,9-12H2,1-3H3,(H,19,22)/t14-,16-/m1/s1. The van der Waals surface area contributed by atoms with Crippen LogP contribution in [0.3, 0.4) is 0 Å². The van der Waals surface area contributed by atoms with Gasteiger partial charge in [-0.05, 0) is 19.4 Å². The van der Waals surface area contributed by atoms with Crippen LogP contribution in [0, 0.1) is 5.92 Å². The normalized spacial score (nSPS) is 19.0.